The average Bonchev–Trinajstić information content (AvgIpc) is 0.807. The number of carbonyl (C=O) groups is 11. The monoisotopic (exact) mass is 1330 g/mol. The van der Waals surface area contributed by atoms with E-state index in [4.69, 9.17) is 0 Å². The van der Waals surface area contributed by atoms with Crippen molar-refractivity contribution in [3.8, 4) is 0 Å². The van der Waals surface area contributed by atoms with Gasteiger partial charge >= 0.3 is 0 Å². The summed E-state index contributed by atoms with van der Waals surface area (Å²) < 4.78 is 0. The van der Waals surface area contributed by atoms with Gasteiger partial charge in [-0.3, -0.25) is 52.7 Å². The molecule has 95 heavy (non-hydrogen) atoms. The Balaban J connectivity index is 3.14. The van der Waals surface area contributed by atoms with Crippen LogP contribution in [0.2, 0.25) is 0 Å². The number of aliphatic hydroxyl groups excluding tert-OH is 1. The molecule has 11 amide bonds. The third-order valence-corrected chi connectivity index (χ3v) is 18.3. The maximum atomic E-state index is 15.8. The number of allylic oxidation sites excluding steroid dienone is 2. The Hall–Kier alpha value is -6.91. The van der Waals surface area contributed by atoms with Crippen LogP contribution in [0.3, 0.4) is 0 Å². The highest BCUT2D eigenvalue weighted by Gasteiger charge is 2.47. The van der Waals surface area contributed by atoms with Crippen molar-refractivity contribution in [3.63, 3.8) is 0 Å². The van der Waals surface area contributed by atoms with Crippen molar-refractivity contribution in [1.82, 2.24) is 55.1 Å². The number of carbonyl (C=O) groups excluding carboxylic acids is 11. The molecule has 23 heteroatoms. The van der Waals surface area contributed by atoms with Crippen molar-refractivity contribution >= 4 is 65.0 Å². The summed E-state index contributed by atoms with van der Waals surface area (Å²) in [6.07, 6.45) is 2.98. The Labute approximate surface area is 569 Å². The molecule has 1 heterocycles. The van der Waals surface area contributed by atoms with Crippen LogP contribution in [0, 0.1) is 41.4 Å². The Bertz CT molecular complexity index is 2790. The topological polar surface area (TPSA) is 270 Å². The summed E-state index contributed by atoms with van der Waals surface area (Å²) in [5.74, 6) is -9.56. The molecular formula is C72H123N11O12. The number of amides is 11. The summed E-state index contributed by atoms with van der Waals surface area (Å²) in [5.41, 5.74) is 1.74. The number of nitrogens with zero attached hydrogens (tertiary/aromatic N) is 8. The van der Waals surface area contributed by atoms with E-state index in [1.165, 1.54) is 92.6 Å². The number of benzene rings is 1. The molecule has 0 radical (unpaired) electrons. The second kappa shape index (κ2) is 38.1. The number of hydrogen-bond donors (Lipinski definition) is 4. The molecule has 1 aromatic carbocycles. The van der Waals surface area contributed by atoms with Gasteiger partial charge in [-0.2, -0.15) is 0 Å². The largest absolute Gasteiger partial charge is 0.390 e. The molecule has 0 aliphatic carbocycles. The van der Waals surface area contributed by atoms with E-state index in [2.05, 4.69) is 29.8 Å². The second-order valence-corrected chi connectivity index (χ2v) is 29.4. The lowest BCUT2D eigenvalue weighted by Gasteiger charge is -2.41. The number of likely N-dealkylation sites (N-methyl/N-ethyl adjacent to an activating group) is 7. The van der Waals surface area contributed by atoms with Gasteiger partial charge in [0.05, 0.1) is 12.6 Å². The van der Waals surface area contributed by atoms with Crippen LogP contribution in [0.4, 0.5) is 0 Å². The maximum absolute atomic E-state index is 15.8. The predicted octanol–water partition coefficient (Wildman–Crippen LogP) is 6.31. The third-order valence-electron chi connectivity index (χ3n) is 18.3. The van der Waals surface area contributed by atoms with E-state index in [1.54, 1.807) is 54.5 Å². The number of aliphatic hydroxyl groups is 1. The van der Waals surface area contributed by atoms with Crippen LogP contribution in [0.5, 0.6) is 0 Å². The Morgan fingerprint density at radius 1 is 0.474 bits per heavy atom. The van der Waals surface area contributed by atoms with Crippen LogP contribution < -0.4 is 16.0 Å². The molecule has 2 rings (SSSR count). The van der Waals surface area contributed by atoms with Crippen molar-refractivity contribution in [3.05, 3.63) is 47.5 Å². The zero-order chi connectivity index (χ0) is 73.1. The van der Waals surface area contributed by atoms with Gasteiger partial charge in [0.1, 0.15) is 60.4 Å². The van der Waals surface area contributed by atoms with E-state index >= 15 is 28.8 Å². The Morgan fingerprint density at radius 3 is 1.35 bits per heavy atom. The number of rotatable bonds is 18. The van der Waals surface area contributed by atoms with Crippen LogP contribution in [0.1, 0.15) is 187 Å². The number of hydrogen-bond acceptors (Lipinski definition) is 12. The van der Waals surface area contributed by atoms with Crippen molar-refractivity contribution in [2.75, 3.05) is 55.9 Å². The first-order valence-corrected chi connectivity index (χ1v) is 34.4. The van der Waals surface area contributed by atoms with Gasteiger partial charge < -0.3 is 60.3 Å². The van der Waals surface area contributed by atoms with Gasteiger partial charge in [0.25, 0.3) is 0 Å². The lowest BCUT2D eigenvalue weighted by molar-refractivity contribution is -0.157. The highest BCUT2D eigenvalue weighted by atomic mass is 16.3. The van der Waals surface area contributed by atoms with E-state index in [1.807, 2.05) is 85.7 Å². The highest BCUT2D eigenvalue weighted by Crippen LogP contribution is 2.28. The molecule has 12 atom stereocenters. The van der Waals surface area contributed by atoms with Gasteiger partial charge in [0, 0.05) is 55.9 Å². The van der Waals surface area contributed by atoms with Gasteiger partial charge in [-0.05, 0) is 118 Å². The van der Waals surface area contributed by atoms with Gasteiger partial charge in [-0.15, -0.1) is 0 Å². The van der Waals surface area contributed by atoms with E-state index in [9.17, 15) is 29.1 Å². The molecular weight excluding hydrogens is 1210 g/mol. The molecule has 0 saturated carbocycles. The van der Waals surface area contributed by atoms with Crippen LogP contribution in [-0.2, 0) is 59.3 Å². The standard InChI is InChI=1S/C72H123N11O12/c1-27-29-30-48(17)62(85)61-65(88)75-53(28-2)67(90)76(20)40-58(84)77(21)57(38-44(9)10)70(93)83(39-51-31-33-52(34-32-51)45(11)12)60(47(15)16)72(95)78(22)54(35-41(3)4)64(87)73-49(18)63(86)74-50(19)66(89)79(23)55(36-42(5)6)68(91)80(24)56(37-43(7)8)69(92)81(25)59(46(13)14)71(94)82(61)26/h27,29,31-34,41-50,53-57,59-62,85H,28,30,35-40H2,1-26H3,(H,73,87)(H,74,86)(H,75,88)/b29-27+/t48-,49+,50-,53+,54+,55+,56+,57+,59+,60+,61+,62-/m1/s1. The molecule has 1 aliphatic rings. The van der Waals surface area contributed by atoms with Gasteiger partial charge in [-0.25, -0.2) is 0 Å². The minimum atomic E-state index is -1.63. The Morgan fingerprint density at radius 2 is 0.895 bits per heavy atom. The molecule has 4 N–H and O–H groups in total. The summed E-state index contributed by atoms with van der Waals surface area (Å²) in [7, 11) is 10.1. The molecule has 0 unspecified atom stereocenters. The van der Waals surface area contributed by atoms with Crippen molar-refractivity contribution in [2.24, 2.45) is 41.4 Å². The Kier molecular flexibility index (Phi) is 33.8. The SMILES string of the molecule is C/C=C/C[C@@H](C)[C@@H](O)[C@H]1C(=O)N[C@@H](CC)C(=O)N(C)CC(=O)N(C)[C@@H](CC(C)C)C(=O)N(Cc2ccc(C(C)C)cc2)[C@@H](C(C)C)C(=O)N(C)[C@@H](CC(C)C)C(=O)N[C@@H](C)C(=O)N[C@H](C)C(=O)N(C)[C@@H](CC(C)C)C(=O)N(C)[C@@H](CC(C)C)C(=O)N(C)[C@@H](C(C)C)C(=O)N1C. The van der Waals surface area contributed by atoms with Crippen LogP contribution in [-0.4, -0.2) is 232 Å². The fourth-order valence-electron chi connectivity index (χ4n) is 12.4. The van der Waals surface area contributed by atoms with E-state index in [-0.39, 0.29) is 68.2 Å². The zero-order valence-electron chi connectivity index (χ0n) is 62.6. The molecule has 1 aromatic rings. The first kappa shape index (κ1) is 84.2. The van der Waals surface area contributed by atoms with Crippen molar-refractivity contribution in [1.29, 1.82) is 0 Å². The summed E-state index contributed by atoms with van der Waals surface area (Å²) in [6, 6.07) is -4.86. The van der Waals surface area contributed by atoms with Crippen molar-refractivity contribution < 1.29 is 57.8 Å². The zero-order valence-corrected chi connectivity index (χ0v) is 62.6. The summed E-state index contributed by atoms with van der Waals surface area (Å²) >= 11 is 0. The molecule has 1 saturated heterocycles. The summed E-state index contributed by atoms with van der Waals surface area (Å²) in [5, 5.41) is 20.5. The molecule has 538 valence electrons. The predicted molar refractivity (Wildman–Crippen MR) is 371 cm³/mol. The lowest BCUT2D eigenvalue weighted by atomic mass is 9.91. The number of nitrogens with one attached hydrogen (secondary N) is 3. The van der Waals surface area contributed by atoms with E-state index in [0.717, 1.165) is 15.4 Å². The average molecular weight is 1330 g/mol. The summed E-state index contributed by atoms with van der Waals surface area (Å²) in [4.78, 5) is 175. The molecule has 1 aliphatic heterocycles. The molecule has 23 nitrogen and oxygen atoms in total. The highest BCUT2D eigenvalue weighted by molar-refractivity contribution is 5.99. The third kappa shape index (κ3) is 23.1. The van der Waals surface area contributed by atoms with Crippen LogP contribution >= 0.6 is 0 Å². The van der Waals surface area contributed by atoms with Crippen LogP contribution in [0.25, 0.3) is 0 Å². The van der Waals surface area contributed by atoms with Gasteiger partial charge in [0.15, 0.2) is 0 Å². The molecule has 0 aromatic heterocycles. The smallest absolute Gasteiger partial charge is 0.246 e. The normalized spacial score (nSPS) is 25.5. The first-order valence-electron chi connectivity index (χ1n) is 34.4. The molecule has 0 bridgehead atoms. The van der Waals surface area contributed by atoms with Gasteiger partial charge in [-0.1, -0.05) is 147 Å². The lowest BCUT2D eigenvalue weighted by Crippen LogP contribution is -2.63. The summed E-state index contributed by atoms with van der Waals surface area (Å²) in [6.45, 7) is 33.7. The van der Waals surface area contributed by atoms with E-state index in [0.29, 0.717) is 12.0 Å². The minimum absolute atomic E-state index is 0.0121. The van der Waals surface area contributed by atoms with Crippen LogP contribution in [0.15, 0.2) is 36.4 Å². The molecule has 1 fully saturated rings. The molecule has 0 spiro atoms. The second-order valence-electron chi connectivity index (χ2n) is 29.4. The van der Waals surface area contributed by atoms with Crippen molar-refractivity contribution in [2.45, 2.75) is 249 Å². The fourth-order valence-corrected chi connectivity index (χ4v) is 12.4. The quantitative estimate of drug-likeness (QED) is 0.118. The van der Waals surface area contributed by atoms with E-state index < -0.39 is 156 Å². The van der Waals surface area contributed by atoms with Gasteiger partial charge in [0.2, 0.25) is 65.0 Å². The fraction of sp³-hybridized carbons (Fsp3) is 0.736. The first-order chi connectivity index (χ1) is 44.0. The minimum Gasteiger partial charge on any atom is -0.390 e. The maximum Gasteiger partial charge on any atom is 0.246 e.